The van der Waals surface area contributed by atoms with E-state index in [0.29, 0.717) is 0 Å². The number of hydrogen-bond donors (Lipinski definition) is 0. The summed E-state index contributed by atoms with van der Waals surface area (Å²) in [6, 6.07) is 0. The quantitative estimate of drug-likeness (QED) is 0.125. The number of sulfone groups is 1. The topological polar surface area (TPSA) is 246 Å². The molecule has 2 heterocycles. The van der Waals surface area contributed by atoms with Crippen LogP contribution in [0.1, 0.15) is 55.4 Å². The second-order valence-corrected chi connectivity index (χ2v) is 13.5. The Bertz CT molecular complexity index is 1420. The summed E-state index contributed by atoms with van der Waals surface area (Å²) < 4.78 is 82.3. The molecule has 0 N–H and O–H groups in total. The Morgan fingerprint density at radius 1 is 0.520 bits per heavy atom. The maximum Gasteiger partial charge on any atom is 0.303 e. The van der Waals surface area contributed by atoms with Gasteiger partial charge in [-0.2, -0.15) is 0 Å². The average Bonchev–Trinajstić information content (AvgIpc) is 2.94. The molecule has 2 aliphatic rings. The second-order valence-electron chi connectivity index (χ2n) is 11.4. The molecule has 0 spiro atoms. The lowest BCUT2D eigenvalue weighted by Crippen LogP contribution is -2.67. The largest absolute Gasteiger partial charge is 0.463 e. The van der Waals surface area contributed by atoms with E-state index in [9.17, 15) is 42.0 Å². The van der Waals surface area contributed by atoms with Crippen LogP contribution in [0, 0.1) is 0 Å². The van der Waals surface area contributed by atoms with Crippen molar-refractivity contribution in [2.45, 2.75) is 116 Å². The van der Waals surface area contributed by atoms with Crippen LogP contribution in [-0.4, -0.2) is 130 Å². The predicted molar refractivity (Wildman–Crippen MR) is 162 cm³/mol. The summed E-state index contributed by atoms with van der Waals surface area (Å²) in [5, 5.41) is 0. The first-order valence-corrected chi connectivity index (χ1v) is 16.8. The third kappa shape index (κ3) is 12.3. The van der Waals surface area contributed by atoms with Gasteiger partial charge in [0.15, 0.2) is 52.1 Å². The van der Waals surface area contributed by atoms with Crippen molar-refractivity contribution in [3.63, 3.8) is 0 Å². The van der Waals surface area contributed by atoms with Crippen molar-refractivity contribution in [2.75, 3.05) is 19.0 Å². The van der Waals surface area contributed by atoms with E-state index < -0.39 is 131 Å². The van der Waals surface area contributed by atoms with Gasteiger partial charge in [0.2, 0.25) is 0 Å². The van der Waals surface area contributed by atoms with Gasteiger partial charge in [0.1, 0.15) is 31.5 Å². The van der Waals surface area contributed by atoms with Gasteiger partial charge in [0.25, 0.3) is 0 Å². The summed E-state index contributed by atoms with van der Waals surface area (Å²) in [5.41, 5.74) is -1.85. The third-order valence-corrected chi connectivity index (χ3v) is 8.67. The monoisotopic (exact) mass is 738 g/mol. The highest BCUT2D eigenvalue weighted by molar-refractivity contribution is 7.92. The predicted octanol–water partition coefficient (Wildman–Crippen LogP) is -0.403. The van der Waals surface area contributed by atoms with Crippen molar-refractivity contribution in [3.8, 4) is 0 Å². The van der Waals surface area contributed by atoms with E-state index in [-0.39, 0.29) is 5.57 Å². The highest BCUT2D eigenvalue weighted by atomic mass is 32.2. The lowest BCUT2D eigenvalue weighted by atomic mass is 9.96. The van der Waals surface area contributed by atoms with Gasteiger partial charge in [-0.05, 0) is 6.92 Å². The summed E-state index contributed by atoms with van der Waals surface area (Å²) in [7, 11) is -4.41. The normalized spacial score (nSPS) is 29.4. The Hall–Kier alpha value is -4.14. The molecular weight excluding hydrogens is 696 g/mol. The van der Waals surface area contributed by atoms with E-state index in [0.717, 1.165) is 48.5 Å². The lowest BCUT2D eigenvalue weighted by molar-refractivity contribution is -0.341. The van der Waals surface area contributed by atoms with Gasteiger partial charge in [0.05, 0.1) is 5.75 Å². The van der Waals surface area contributed by atoms with Crippen LogP contribution in [0.25, 0.3) is 0 Å². The van der Waals surface area contributed by atoms with Crippen molar-refractivity contribution in [3.05, 3.63) is 12.2 Å². The first kappa shape index (κ1) is 42.0. The molecule has 2 saturated heterocycles. The molecule has 2 fully saturated rings. The molecule has 0 amide bonds. The van der Waals surface area contributed by atoms with Gasteiger partial charge in [0, 0.05) is 48.5 Å². The zero-order chi connectivity index (χ0) is 38.1. The molecule has 0 saturated carbocycles. The Labute approximate surface area is 288 Å². The molecule has 0 bridgehead atoms. The second kappa shape index (κ2) is 18.2. The molecule has 0 aromatic carbocycles. The average molecular weight is 739 g/mol. The van der Waals surface area contributed by atoms with Gasteiger partial charge in [-0.3, -0.25) is 33.6 Å². The number of carbonyl (C=O) groups excluding carboxylic acids is 7. The van der Waals surface area contributed by atoms with Crippen LogP contribution in [0.4, 0.5) is 0 Å². The fraction of sp³-hybridized carbons (Fsp3) is 0.700. The Balaban J connectivity index is 2.82. The lowest BCUT2D eigenvalue weighted by Gasteiger charge is -2.48. The molecule has 2 rings (SSSR count). The van der Waals surface area contributed by atoms with Crippen LogP contribution in [0.2, 0.25) is 0 Å². The fourth-order valence-corrected chi connectivity index (χ4v) is 6.97. The number of esters is 7. The fourth-order valence-electron chi connectivity index (χ4n) is 5.19. The molecule has 0 aromatic rings. The van der Waals surface area contributed by atoms with Crippen LogP contribution in [0.15, 0.2) is 12.2 Å². The Kier molecular flexibility index (Phi) is 15.3. The number of ether oxygens (including phenoxy) is 10. The van der Waals surface area contributed by atoms with Crippen molar-refractivity contribution in [1.29, 1.82) is 0 Å². The molecular formula is C30H42O19S. The molecule has 2 aliphatic heterocycles. The van der Waals surface area contributed by atoms with Crippen LogP contribution >= 0.6 is 0 Å². The van der Waals surface area contributed by atoms with Crippen molar-refractivity contribution in [1.82, 2.24) is 0 Å². The Morgan fingerprint density at radius 2 is 0.900 bits per heavy atom. The van der Waals surface area contributed by atoms with E-state index in [1.165, 1.54) is 6.92 Å². The van der Waals surface area contributed by atoms with Crippen LogP contribution in [0.5, 0.6) is 0 Å². The third-order valence-electron chi connectivity index (χ3n) is 6.69. The van der Waals surface area contributed by atoms with Crippen molar-refractivity contribution in [2.24, 2.45) is 0 Å². The number of hydrogen-bond acceptors (Lipinski definition) is 19. The Morgan fingerprint density at radius 3 is 1.32 bits per heavy atom. The molecule has 0 radical (unpaired) electrons. The molecule has 0 aromatic heterocycles. The first-order valence-electron chi connectivity index (χ1n) is 15.1. The van der Waals surface area contributed by atoms with Gasteiger partial charge in [-0.25, -0.2) is 8.42 Å². The highest BCUT2D eigenvalue weighted by Gasteiger charge is 2.59. The van der Waals surface area contributed by atoms with E-state index in [1.54, 1.807) is 0 Å². The van der Waals surface area contributed by atoms with Crippen molar-refractivity contribution < 1.29 is 89.3 Å². The number of carbonyl (C=O) groups is 7. The van der Waals surface area contributed by atoms with Gasteiger partial charge in [-0.1, -0.05) is 12.2 Å². The minimum absolute atomic E-state index is 0.173. The minimum atomic E-state index is -4.41. The minimum Gasteiger partial charge on any atom is -0.463 e. The summed E-state index contributed by atoms with van der Waals surface area (Å²) in [6.07, 6.45) is -15.5. The smallest absolute Gasteiger partial charge is 0.303 e. The van der Waals surface area contributed by atoms with Gasteiger partial charge >= 0.3 is 41.8 Å². The van der Waals surface area contributed by atoms with E-state index >= 15 is 0 Å². The van der Waals surface area contributed by atoms with Crippen LogP contribution in [-0.2, 0) is 90.8 Å². The highest BCUT2D eigenvalue weighted by Crippen LogP contribution is 2.36. The van der Waals surface area contributed by atoms with E-state index in [4.69, 9.17) is 47.4 Å². The maximum absolute atomic E-state index is 13.5. The SMILES string of the molecule is C=C(C)CS(=O)(=O)C1OC(COC(C)=O)C(OC2OC(COC(C)=O)C(OC(C)=O)C(OC(C)=O)C2OC(C)=O)C(OC(C)=O)C1OC(C)=O. The molecule has 0 aliphatic carbocycles. The zero-order valence-corrected chi connectivity index (χ0v) is 29.6. The van der Waals surface area contributed by atoms with Crippen LogP contribution < -0.4 is 0 Å². The summed E-state index contributed by atoms with van der Waals surface area (Å²) in [4.78, 5) is 85.1. The summed E-state index contributed by atoms with van der Waals surface area (Å²) >= 11 is 0. The molecule has 19 nitrogen and oxygen atoms in total. The van der Waals surface area contributed by atoms with Gasteiger partial charge < -0.3 is 47.4 Å². The maximum atomic E-state index is 13.5. The van der Waals surface area contributed by atoms with E-state index in [1.807, 2.05) is 0 Å². The molecule has 50 heavy (non-hydrogen) atoms. The van der Waals surface area contributed by atoms with Gasteiger partial charge in [-0.15, -0.1) is 0 Å². The summed E-state index contributed by atoms with van der Waals surface area (Å²) in [5.74, 6) is -7.12. The van der Waals surface area contributed by atoms with Crippen molar-refractivity contribution >= 4 is 51.6 Å². The summed E-state index contributed by atoms with van der Waals surface area (Å²) in [6.45, 7) is 10.7. The first-order chi connectivity index (χ1) is 23.1. The number of rotatable bonds is 14. The molecule has 20 heteroatoms. The standard InChI is InChI=1S/C30H42O19S/c1-13(2)12-50(38,39)30-28(46-20(9)37)26(44-18(7)35)24(22(48-30)11-41-15(4)32)49-29-27(45-19(8)36)25(43-17(6)34)23(42-16(5)33)21(47-29)10-40-14(3)31/h21-30H,1,10-12H2,2-9H3. The molecule has 282 valence electrons. The molecule has 10 unspecified atom stereocenters. The van der Waals surface area contributed by atoms with Crippen LogP contribution in [0.3, 0.4) is 0 Å². The zero-order valence-electron chi connectivity index (χ0n) is 28.8. The molecule has 10 atom stereocenters. The van der Waals surface area contributed by atoms with E-state index in [2.05, 4.69) is 6.58 Å².